The number of primary sulfonamides is 1. The fourth-order valence-electron chi connectivity index (χ4n) is 2.93. The Labute approximate surface area is 191 Å². The van der Waals surface area contributed by atoms with Gasteiger partial charge >= 0.3 is 0 Å². The van der Waals surface area contributed by atoms with E-state index < -0.39 is 26.9 Å². The number of nitro groups is 1. The van der Waals surface area contributed by atoms with Gasteiger partial charge in [0.2, 0.25) is 15.2 Å². The van der Waals surface area contributed by atoms with E-state index in [1.807, 2.05) is 0 Å². The molecule has 2 heterocycles. The van der Waals surface area contributed by atoms with Gasteiger partial charge < -0.3 is 0 Å². The predicted molar refractivity (Wildman–Crippen MR) is 121 cm³/mol. The second-order valence-corrected chi connectivity index (χ2v) is 9.27. The lowest BCUT2D eigenvalue weighted by atomic mass is 10.1. The predicted octanol–water partition coefficient (Wildman–Crippen LogP) is 3.24. The molecule has 1 amide bonds. The zero-order valence-corrected chi connectivity index (χ0v) is 18.5. The van der Waals surface area contributed by atoms with Gasteiger partial charge in [-0.25, -0.2) is 18.5 Å². The minimum atomic E-state index is -3.82. The van der Waals surface area contributed by atoms with Gasteiger partial charge in [0.1, 0.15) is 0 Å². The molecule has 33 heavy (non-hydrogen) atoms. The number of nitro benzene ring substituents is 1. The Morgan fingerprint density at radius 1 is 1.21 bits per heavy atom. The number of non-ortho nitro benzene ring substituents is 1. The van der Waals surface area contributed by atoms with Crippen molar-refractivity contribution in [1.29, 1.82) is 0 Å². The van der Waals surface area contributed by atoms with Crippen LogP contribution >= 0.6 is 11.3 Å². The van der Waals surface area contributed by atoms with Gasteiger partial charge in [-0.1, -0.05) is 12.1 Å². The molecule has 1 atom stereocenters. The highest BCUT2D eigenvalue weighted by atomic mass is 32.2. The number of hydrazone groups is 1. The lowest BCUT2D eigenvalue weighted by molar-refractivity contribution is -0.384. The Bertz CT molecular complexity index is 1410. The van der Waals surface area contributed by atoms with Crippen LogP contribution in [0.25, 0.3) is 11.3 Å². The number of benzene rings is 2. The molecule has 14 heteroatoms. The van der Waals surface area contributed by atoms with E-state index in [9.17, 15) is 23.3 Å². The first-order valence-electron chi connectivity index (χ1n) is 9.26. The van der Waals surface area contributed by atoms with Crippen molar-refractivity contribution < 1.29 is 18.1 Å². The summed E-state index contributed by atoms with van der Waals surface area (Å²) in [6, 6.07) is 10.5. The number of thiazole rings is 1. The molecule has 0 spiro atoms. The number of anilines is 1. The Kier molecular flexibility index (Phi) is 5.80. The van der Waals surface area contributed by atoms with E-state index in [1.165, 1.54) is 36.4 Å². The van der Waals surface area contributed by atoms with Gasteiger partial charge in [-0.05, 0) is 31.2 Å². The standard InChI is InChI=1S/C19H15N7O5S2/c1-11-17(23-22-13-5-7-15(8-6-13)33(20,30)31)18(27)25(24-11)19-21-16(10-32-19)12-3-2-4-14(9-12)26(28)29/h2-10,17H,1H3,(H2,20,30,31). The zero-order valence-electron chi connectivity index (χ0n) is 16.9. The molecule has 0 saturated carbocycles. The number of carbonyl (C=O) groups excluding carboxylic acids is 1. The summed E-state index contributed by atoms with van der Waals surface area (Å²) < 4.78 is 22.7. The smallest absolute Gasteiger partial charge is 0.269 e. The highest BCUT2D eigenvalue weighted by molar-refractivity contribution is 7.89. The number of sulfonamides is 1. The molecule has 1 aliphatic heterocycles. The largest absolute Gasteiger partial charge is 0.282 e. The van der Waals surface area contributed by atoms with Crippen molar-refractivity contribution in [2.45, 2.75) is 17.9 Å². The van der Waals surface area contributed by atoms with E-state index in [4.69, 9.17) is 5.14 Å². The van der Waals surface area contributed by atoms with E-state index in [0.717, 1.165) is 16.3 Å². The number of carbonyl (C=O) groups is 1. The lowest BCUT2D eigenvalue weighted by Gasteiger charge is -2.08. The monoisotopic (exact) mass is 485 g/mol. The van der Waals surface area contributed by atoms with Crippen molar-refractivity contribution in [3.63, 3.8) is 0 Å². The van der Waals surface area contributed by atoms with Crippen LogP contribution in [0.3, 0.4) is 0 Å². The van der Waals surface area contributed by atoms with Crippen molar-refractivity contribution in [3.8, 4) is 11.3 Å². The first-order valence-corrected chi connectivity index (χ1v) is 11.7. The third kappa shape index (κ3) is 4.67. The second kappa shape index (κ2) is 8.57. The molecule has 1 aliphatic rings. The van der Waals surface area contributed by atoms with Crippen LogP contribution < -0.4 is 10.1 Å². The third-order valence-corrected chi connectivity index (χ3v) is 6.32. The molecule has 1 unspecified atom stereocenters. The van der Waals surface area contributed by atoms with Gasteiger partial charge in [-0.2, -0.15) is 20.3 Å². The molecule has 4 rings (SSSR count). The Morgan fingerprint density at radius 3 is 2.61 bits per heavy atom. The number of hydrogen-bond donors (Lipinski definition) is 1. The summed E-state index contributed by atoms with van der Waals surface area (Å²) in [6.07, 6.45) is 0. The van der Waals surface area contributed by atoms with Crippen LogP contribution in [0.1, 0.15) is 6.92 Å². The number of aromatic nitrogens is 1. The van der Waals surface area contributed by atoms with Crippen LogP contribution in [-0.4, -0.2) is 36.0 Å². The van der Waals surface area contributed by atoms with Crippen LogP contribution in [0.2, 0.25) is 0 Å². The topological polar surface area (TPSA) is 174 Å². The Hall–Kier alpha value is -3.88. The number of amides is 1. The Balaban J connectivity index is 1.52. The van der Waals surface area contributed by atoms with Gasteiger partial charge in [0.25, 0.3) is 11.6 Å². The summed E-state index contributed by atoms with van der Waals surface area (Å²) in [5.74, 6) is -0.461. The van der Waals surface area contributed by atoms with Gasteiger partial charge in [0.05, 0.1) is 26.9 Å². The van der Waals surface area contributed by atoms with Crippen molar-refractivity contribution in [1.82, 2.24) is 4.98 Å². The quantitative estimate of drug-likeness (QED) is 0.318. The first-order chi connectivity index (χ1) is 15.6. The first kappa shape index (κ1) is 22.3. The number of rotatable bonds is 6. The summed E-state index contributed by atoms with van der Waals surface area (Å²) in [6.45, 7) is 1.63. The Morgan fingerprint density at radius 2 is 1.94 bits per heavy atom. The summed E-state index contributed by atoms with van der Waals surface area (Å²) in [4.78, 5) is 27.7. The van der Waals surface area contributed by atoms with E-state index in [2.05, 4.69) is 20.3 Å². The highest BCUT2D eigenvalue weighted by Gasteiger charge is 2.36. The molecule has 2 aromatic carbocycles. The summed E-state index contributed by atoms with van der Waals surface area (Å²) in [7, 11) is -3.82. The average molecular weight is 486 g/mol. The van der Waals surface area contributed by atoms with Crippen LogP contribution in [0.4, 0.5) is 16.5 Å². The van der Waals surface area contributed by atoms with Crippen LogP contribution in [0, 0.1) is 10.1 Å². The minimum absolute atomic E-state index is 0.0641. The zero-order chi connectivity index (χ0) is 23.8. The molecule has 0 fully saturated rings. The molecular weight excluding hydrogens is 470 g/mol. The molecule has 3 aromatic rings. The number of nitrogens with zero attached hydrogens (tertiary/aromatic N) is 6. The molecule has 0 bridgehead atoms. The molecule has 12 nitrogen and oxygen atoms in total. The SMILES string of the molecule is CC1=NN(c2nc(-c3cccc([N+](=O)[O-])c3)cs2)C(=O)C1N=Nc1ccc(S(N)(=O)=O)cc1. The number of hydrogen-bond acceptors (Lipinski definition) is 10. The van der Waals surface area contributed by atoms with Crippen LogP contribution in [-0.2, 0) is 14.8 Å². The molecule has 0 radical (unpaired) electrons. The van der Waals surface area contributed by atoms with Crippen LogP contribution in [0.15, 0.2) is 74.1 Å². The normalized spacial score (nSPS) is 16.4. The molecular formula is C19H15N7O5S2. The maximum absolute atomic E-state index is 12.9. The number of nitrogens with two attached hydrogens (primary N) is 1. The lowest BCUT2D eigenvalue weighted by Crippen LogP contribution is -2.29. The van der Waals surface area contributed by atoms with Gasteiger partial charge in [0, 0.05) is 23.1 Å². The van der Waals surface area contributed by atoms with E-state index in [0.29, 0.717) is 22.7 Å². The molecule has 2 N–H and O–H groups in total. The molecule has 0 aliphatic carbocycles. The van der Waals surface area contributed by atoms with E-state index in [-0.39, 0.29) is 15.7 Å². The maximum Gasteiger partial charge on any atom is 0.282 e. The van der Waals surface area contributed by atoms with E-state index in [1.54, 1.807) is 24.4 Å². The van der Waals surface area contributed by atoms with Gasteiger partial charge in [0.15, 0.2) is 6.04 Å². The van der Waals surface area contributed by atoms with Crippen molar-refractivity contribution in [3.05, 3.63) is 64.0 Å². The van der Waals surface area contributed by atoms with Crippen LogP contribution in [0.5, 0.6) is 0 Å². The fourth-order valence-corrected chi connectivity index (χ4v) is 4.23. The summed E-state index contributed by atoms with van der Waals surface area (Å²) >= 11 is 1.16. The number of azo groups is 1. The fraction of sp³-hybridized carbons (Fsp3) is 0.105. The van der Waals surface area contributed by atoms with E-state index >= 15 is 0 Å². The van der Waals surface area contributed by atoms with Gasteiger partial charge in [-0.3, -0.25) is 14.9 Å². The molecule has 0 saturated heterocycles. The van der Waals surface area contributed by atoms with Gasteiger partial charge in [-0.15, -0.1) is 11.3 Å². The molecule has 1 aromatic heterocycles. The minimum Gasteiger partial charge on any atom is -0.269 e. The van der Waals surface area contributed by atoms with Crippen molar-refractivity contribution in [2.24, 2.45) is 20.5 Å². The van der Waals surface area contributed by atoms with Crippen molar-refractivity contribution >= 4 is 49.5 Å². The third-order valence-electron chi connectivity index (χ3n) is 4.58. The summed E-state index contributed by atoms with van der Waals surface area (Å²) in [5.41, 5.74) is 1.68. The maximum atomic E-state index is 12.9. The second-order valence-electron chi connectivity index (χ2n) is 6.87. The van der Waals surface area contributed by atoms with Crippen molar-refractivity contribution in [2.75, 3.05) is 5.01 Å². The highest BCUT2D eigenvalue weighted by Crippen LogP contribution is 2.32. The summed E-state index contributed by atoms with van der Waals surface area (Å²) in [5, 5.41) is 31.4. The molecule has 168 valence electrons. The average Bonchev–Trinajstić information content (AvgIpc) is 3.37.